The van der Waals surface area contributed by atoms with Crippen molar-refractivity contribution in [1.29, 1.82) is 0 Å². The van der Waals surface area contributed by atoms with E-state index in [1.807, 2.05) is 0 Å². The molecule has 0 N–H and O–H groups in total. The fourth-order valence-corrected chi connectivity index (χ4v) is 1.28. The summed E-state index contributed by atoms with van der Waals surface area (Å²) in [5, 5.41) is 0. The Hall–Kier alpha value is -0.650. The molecule has 1 rings (SSSR count). The summed E-state index contributed by atoms with van der Waals surface area (Å²) >= 11 is 3.07. The van der Waals surface area contributed by atoms with E-state index in [-0.39, 0.29) is 5.82 Å². The summed E-state index contributed by atoms with van der Waals surface area (Å²) in [6.45, 7) is 1.95. The van der Waals surface area contributed by atoms with Crippen LogP contribution in [-0.4, -0.2) is 33.5 Å². The molecular formula is C11H14BrFO3. The summed E-state index contributed by atoms with van der Waals surface area (Å²) < 4.78 is 28.8. The minimum Gasteiger partial charge on any atom is -0.491 e. The van der Waals surface area contributed by atoms with Crippen molar-refractivity contribution in [3.05, 3.63) is 28.5 Å². The molecule has 0 radical (unpaired) electrons. The van der Waals surface area contributed by atoms with Gasteiger partial charge in [-0.3, -0.25) is 0 Å². The second-order valence-electron chi connectivity index (χ2n) is 3.03. The van der Waals surface area contributed by atoms with Crippen molar-refractivity contribution in [3.8, 4) is 5.75 Å². The molecule has 16 heavy (non-hydrogen) atoms. The van der Waals surface area contributed by atoms with E-state index in [4.69, 9.17) is 14.2 Å². The van der Waals surface area contributed by atoms with Gasteiger partial charge in [0.15, 0.2) is 0 Å². The molecule has 0 bridgehead atoms. The molecule has 0 amide bonds. The molecule has 0 atom stereocenters. The SMILES string of the molecule is COCCOCCOc1ccc(Br)c(F)c1. The Morgan fingerprint density at radius 2 is 1.94 bits per heavy atom. The molecule has 0 saturated heterocycles. The molecule has 0 aromatic heterocycles. The number of benzene rings is 1. The van der Waals surface area contributed by atoms with E-state index in [1.54, 1.807) is 19.2 Å². The Morgan fingerprint density at radius 1 is 1.19 bits per heavy atom. The minimum absolute atomic E-state index is 0.335. The van der Waals surface area contributed by atoms with Crippen LogP contribution in [0.4, 0.5) is 4.39 Å². The van der Waals surface area contributed by atoms with Gasteiger partial charge in [0.25, 0.3) is 0 Å². The molecule has 0 aliphatic carbocycles. The van der Waals surface area contributed by atoms with E-state index in [9.17, 15) is 4.39 Å². The van der Waals surface area contributed by atoms with Gasteiger partial charge in [0, 0.05) is 13.2 Å². The number of hydrogen-bond donors (Lipinski definition) is 0. The molecule has 5 heteroatoms. The topological polar surface area (TPSA) is 27.7 Å². The van der Waals surface area contributed by atoms with E-state index in [1.165, 1.54) is 6.07 Å². The molecule has 3 nitrogen and oxygen atoms in total. The molecule has 0 fully saturated rings. The van der Waals surface area contributed by atoms with Gasteiger partial charge >= 0.3 is 0 Å². The molecule has 1 aromatic carbocycles. The molecular weight excluding hydrogens is 279 g/mol. The van der Waals surface area contributed by atoms with Crippen LogP contribution in [0.1, 0.15) is 0 Å². The molecule has 1 aromatic rings. The van der Waals surface area contributed by atoms with Crippen LogP contribution in [0.25, 0.3) is 0 Å². The quantitative estimate of drug-likeness (QED) is 0.723. The number of methoxy groups -OCH3 is 1. The highest BCUT2D eigenvalue weighted by molar-refractivity contribution is 9.10. The Labute approximate surface area is 103 Å². The Kier molecular flexibility index (Phi) is 6.37. The van der Waals surface area contributed by atoms with Gasteiger partial charge < -0.3 is 14.2 Å². The predicted octanol–water partition coefficient (Wildman–Crippen LogP) is 2.63. The van der Waals surface area contributed by atoms with Crippen LogP contribution in [0, 0.1) is 5.82 Å². The second-order valence-corrected chi connectivity index (χ2v) is 3.88. The van der Waals surface area contributed by atoms with Gasteiger partial charge in [-0.2, -0.15) is 0 Å². The van der Waals surface area contributed by atoms with Gasteiger partial charge in [0.05, 0.1) is 24.3 Å². The zero-order chi connectivity index (χ0) is 11.8. The van der Waals surface area contributed by atoms with Crippen molar-refractivity contribution in [1.82, 2.24) is 0 Å². The third-order valence-electron chi connectivity index (χ3n) is 1.82. The Morgan fingerprint density at radius 3 is 2.62 bits per heavy atom. The zero-order valence-corrected chi connectivity index (χ0v) is 10.6. The van der Waals surface area contributed by atoms with Gasteiger partial charge in [0.2, 0.25) is 0 Å². The van der Waals surface area contributed by atoms with Crippen molar-refractivity contribution in [2.45, 2.75) is 0 Å². The largest absolute Gasteiger partial charge is 0.491 e. The maximum atomic E-state index is 13.1. The number of hydrogen-bond acceptors (Lipinski definition) is 3. The average molecular weight is 293 g/mol. The summed E-state index contributed by atoms with van der Waals surface area (Å²) in [5.74, 6) is 0.161. The van der Waals surface area contributed by atoms with Crippen LogP contribution in [-0.2, 0) is 9.47 Å². The molecule has 0 aliphatic rings. The van der Waals surface area contributed by atoms with Gasteiger partial charge in [-0.25, -0.2) is 4.39 Å². The highest BCUT2D eigenvalue weighted by Gasteiger charge is 2.00. The third-order valence-corrected chi connectivity index (χ3v) is 2.46. The van der Waals surface area contributed by atoms with E-state index in [0.29, 0.717) is 36.6 Å². The standard InChI is InChI=1S/C11H14BrFO3/c1-14-4-5-15-6-7-16-9-2-3-10(12)11(13)8-9/h2-3,8H,4-7H2,1H3. The second kappa shape index (κ2) is 7.60. The van der Waals surface area contributed by atoms with Crippen molar-refractivity contribution >= 4 is 15.9 Å². The van der Waals surface area contributed by atoms with Crippen LogP contribution < -0.4 is 4.74 Å². The van der Waals surface area contributed by atoms with Gasteiger partial charge in [-0.05, 0) is 28.1 Å². The van der Waals surface area contributed by atoms with Crippen molar-refractivity contribution in [2.75, 3.05) is 33.5 Å². The molecule has 0 aliphatic heterocycles. The first-order valence-electron chi connectivity index (χ1n) is 4.88. The Balaban J connectivity index is 2.19. The van der Waals surface area contributed by atoms with E-state index in [2.05, 4.69) is 15.9 Å². The van der Waals surface area contributed by atoms with E-state index >= 15 is 0 Å². The van der Waals surface area contributed by atoms with Gasteiger partial charge in [0.1, 0.15) is 18.2 Å². The van der Waals surface area contributed by atoms with Crippen molar-refractivity contribution in [3.63, 3.8) is 0 Å². The lowest BCUT2D eigenvalue weighted by Crippen LogP contribution is -2.10. The fourth-order valence-electron chi connectivity index (χ4n) is 1.03. The maximum Gasteiger partial charge on any atom is 0.141 e. The van der Waals surface area contributed by atoms with Crippen molar-refractivity contribution < 1.29 is 18.6 Å². The number of halogens is 2. The minimum atomic E-state index is -0.335. The van der Waals surface area contributed by atoms with Crippen LogP contribution in [0.15, 0.2) is 22.7 Å². The lowest BCUT2D eigenvalue weighted by atomic mass is 10.3. The Bertz CT molecular complexity index is 320. The monoisotopic (exact) mass is 292 g/mol. The third kappa shape index (κ3) is 4.92. The lowest BCUT2D eigenvalue weighted by Gasteiger charge is -2.07. The smallest absolute Gasteiger partial charge is 0.141 e. The molecule has 0 saturated carbocycles. The average Bonchev–Trinajstić information content (AvgIpc) is 2.28. The van der Waals surface area contributed by atoms with Crippen molar-refractivity contribution in [2.24, 2.45) is 0 Å². The van der Waals surface area contributed by atoms with Gasteiger partial charge in [-0.15, -0.1) is 0 Å². The zero-order valence-electron chi connectivity index (χ0n) is 9.04. The molecule has 0 unspecified atom stereocenters. The van der Waals surface area contributed by atoms with Crippen LogP contribution >= 0.6 is 15.9 Å². The molecule has 0 heterocycles. The molecule has 90 valence electrons. The summed E-state index contributed by atoms with van der Waals surface area (Å²) in [7, 11) is 1.62. The maximum absolute atomic E-state index is 13.1. The molecule has 0 spiro atoms. The van der Waals surface area contributed by atoms with Crippen LogP contribution in [0.2, 0.25) is 0 Å². The number of rotatable bonds is 7. The number of ether oxygens (including phenoxy) is 3. The fraction of sp³-hybridized carbons (Fsp3) is 0.455. The first-order valence-corrected chi connectivity index (χ1v) is 5.68. The summed E-state index contributed by atoms with van der Waals surface area (Å²) in [6, 6.07) is 4.64. The lowest BCUT2D eigenvalue weighted by molar-refractivity contribution is 0.0544. The summed E-state index contributed by atoms with van der Waals surface area (Å²) in [4.78, 5) is 0. The highest BCUT2D eigenvalue weighted by Crippen LogP contribution is 2.20. The first kappa shape index (κ1) is 13.4. The summed E-state index contributed by atoms with van der Waals surface area (Å²) in [6.07, 6.45) is 0. The van der Waals surface area contributed by atoms with Gasteiger partial charge in [-0.1, -0.05) is 0 Å². The first-order chi connectivity index (χ1) is 7.74. The highest BCUT2D eigenvalue weighted by atomic mass is 79.9. The normalized spacial score (nSPS) is 10.4. The van der Waals surface area contributed by atoms with E-state index < -0.39 is 0 Å². The van der Waals surface area contributed by atoms with Crippen LogP contribution in [0.3, 0.4) is 0 Å². The predicted molar refractivity (Wildman–Crippen MR) is 62.3 cm³/mol. The van der Waals surface area contributed by atoms with Crippen LogP contribution in [0.5, 0.6) is 5.75 Å². The summed E-state index contributed by atoms with van der Waals surface area (Å²) in [5.41, 5.74) is 0. The van der Waals surface area contributed by atoms with E-state index in [0.717, 1.165) is 0 Å².